The maximum atomic E-state index is 10.6. The summed E-state index contributed by atoms with van der Waals surface area (Å²) in [5.74, 6) is -0.733. The third kappa shape index (κ3) is 1.83. The molecule has 0 saturated carbocycles. The normalized spacial score (nSPS) is 10.7. The third-order valence-corrected chi connectivity index (χ3v) is 2.75. The summed E-state index contributed by atoms with van der Waals surface area (Å²) in [6.07, 6.45) is 1.69. The van der Waals surface area contributed by atoms with Crippen LogP contribution >= 0.6 is 15.9 Å². The first-order valence-electron chi connectivity index (χ1n) is 4.27. The average molecular weight is 270 g/mol. The van der Waals surface area contributed by atoms with Gasteiger partial charge in [0.2, 0.25) is 0 Å². The zero-order chi connectivity index (χ0) is 11.0. The molecule has 2 N–H and O–H groups in total. The molecule has 0 aliphatic carbocycles. The standard InChI is InChI=1S/C10H8BrNO3/c11-8-4-12(5-10(14)15)9-2-1-6(13)3-7(8)9/h1-4,13H,5H2,(H,14,15). The van der Waals surface area contributed by atoms with Crippen molar-refractivity contribution in [3.8, 4) is 5.75 Å². The Balaban J connectivity index is 2.62. The summed E-state index contributed by atoms with van der Waals surface area (Å²) in [6, 6.07) is 4.82. The zero-order valence-corrected chi connectivity index (χ0v) is 9.23. The van der Waals surface area contributed by atoms with Crippen molar-refractivity contribution in [2.24, 2.45) is 0 Å². The van der Waals surface area contributed by atoms with Crippen LogP contribution < -0.4 is 0 Å². The number of aromatic hydroxyl groups is 1. The lowest BCUT2D eigenvalue weighted by Gasteiger charge is -2.00. The summed E-state index contributed by atoms with van der Waals surface area (Å²) >= 11 is 3.32. The van der Waals surface area contributed by atoms with Gasteiger partial charge in [-0.3, -0.25) is 4.79 Å². The number of fused-ring (bicyclic) bond motifs is 1. The molecular formula is C10H8BrNO3. The highest BCUT2D eigenvalue weighted by Crippen LogP contribution is 2.29. The number of phenolic OH excluding ortho intramolecular Hbond substituents is 1. The number of phenols is 1. The lowest BCUT2D eigenvalue weighted by Crippen LogP contribution is -2.06. The van der Waals surface area contributed by atoms with E-state index in [-0.39, 0.29) is 12.3 Å². The molecule has 0 spiro atoms. The molecule has 1 heterocycles. The molecule has 0 fully saturated rings. The van der Waals surface area contributed by atoms with Crippen molar-refractivity contribution < 1.29 is 15.0 Å². The Labute approximate surface area is 93.9 Å². The van der Waals surface area contributed by atoms with Crippen LogP contribution in [-0.2, 0) is 11.3 Å². The minimum Gasteiger partial charge on any atom is -0.508 e. The molecular weight excluding hydrogens is 262 g/mol. The number of rotatable bonds is 2. The average Bonchev–Trinajstić information content (AvgIpc) is 2.42. The topological polar surface area (TPSA) is 62.5 Å². The largest absolute Gasteiger partial charge is 0.508 e. The van der Waals surface area contributed by atoms with Gasteiger partial charge in [-0.1, -0.05) is 0 Å². The predicted molar refractivity (Wildman–Crippen MR) is 58.9 cm³/mol. The Morgan fingerprint density at radius 2 is 2.20 bits per heavy atom. The van der Waals surface area contributed by atoms with Gasteiger partial charge < -0.3 is 14.8 Å². The summed E-state index contributed by atoms with van der Waals surface area (Å²) in [5.41, 5.74) is 0.780. The number of aromatic nitrogens is 1. The SMILES string of the molecule is O=C(O)Cn1cc(Br)c2cc(O)ccc21. The highest BCUT2D eigenvalue weighted by atomic mass is 79.9. The van der Waals surface area contributed by atoms with Gasteiger partial charge in [0.15, 0.2) is 0 Å². The molecule has 2 rings (SSSR count). The van der Waals surface area contributed by atoms with Crippen molar-refractivity contribution in [2.45, 2.75) is 6.54 Å². The van der Waals surface area contributed by atoms with Gasteiger partial charge in [-0.05, 0) is 34.1 Å². The second kappa shape index (κ2) is 3.58. The van der Waals surface area contributed by atoms with E-state index in [1.807, 2.05) is 0 Å². The van der Waals surface area contributed by atoms with E-state index in [0.717, 1.165) is 15.4 Å². The Hall–Kier alpha value is -1.49. The molecule has 78 valence electrons. The predicted octanol–water partition coefficient (Wildman–Crippen LogP) is 2.19. The van der Waals surface area contributed by atoms with Crippen molar-refractivity contribution in [3.05, 3.63) is 28.9 Å². The van der Waals surface area contributed by atoms with Crippen LogP contribution in [0.25, 0.3) is 10.9 Å². The summed E-state index contributed by atoms with van der Waals surface area (Å²) < 4.78 is 2.39. The van der Waals surface area contributed by atoms with Crippen LogP contribution in [0.5, 0.6) is 5.75 Å². The van der Waals surface area contributed by atoms with E-state index in [1.54, 1.807) is 22.9 Å². The molecule has 0 aliphatic heterocycles. The zero-order valence-electron chi connectivity index (χ0n) is 7.64. The van der Waals surface area contributed by atoms with Crippen molar-refractivity contribution in [1.29, 1.82) is 0 Å². The number of hydrogen-bond acceptors (Lipinski definition) is 2. The quantitative estimate of drug-likeness (QED) is 0.879. The summed E-state index contributed by atoms with van der Waals surface area (Å²) in [6.45, 7) is -0.0904. The molecule has 0 atom stereocenters. The van der Waals surface area contributed by atoms with Crippen LogP contribution in [0.3, 0.4) is 0 Å². The third-order valence-electron chi connectivity index (χ3n) is 2.12. The number of hydrogen-bond donors (Lipinski definition) is 2. The van der Waals surface area contributed by atoms with Gasteiger partial charge in [0.25, 0.3) is 0 Å². The maximum absolute atomic E-state index is 10.6. The molecule has 15 heavy (non-hydrogen) atoms. The van der Waals surface area contributed by atoms with Gasteiger partial charge in [0.1, 0.15) is 12.3 Å². The van der Waals surface area contributed by atoms with E-state index in [2.05, 4.69) is 15.9 Å². The molecule has 0 unspecified atom stereocenters. The van der Waals surface area contributed by atoms with E-state index >= 15 is 0 Å². The van der Waals surface area contributed by atoms with Gasteiger partial charge in [-0.2, -0.15) is 0 Å². The fourth-order valence-corrected chi connectivity index (χ4v) is 2.08. The second-order valence-corrected chi connectivity index (χ2v) is 4.05. The van der Waals surface area contributed by atoms with Crippen molar-refractivity contribution in [1.82, 2.24) is 4.57 Å². The summed E-state index contributed by atoms with van der Waals surface area (Å²) in [7, 11) is 0. The van der Waals surface area contributed by atoms with E-state index in [9.17, 15) is 9.90 Å². The first kappa shape index (κ1) is 10.0. The first-order chi connectivity index (χ1) is 7.08. The van der Waals surface area contributed by atoms with Crippen molar-refractivity contribution in [2.75, 3.05) is 0 Å². The number of carbonyl (C=O) groups is 1. The number of nitrogens with zero attached hydrogens (tertiary/aromatic N) is 1. The molecule has 2 aromatic rings. The summed E-state index contributed by atoms with van der Waals surface area (Å²) in [5, 5.41) is 18.8. The van der Waals surface area contributed by atoms with Crippen LogP contribution in [0, 0.1) is 0 Å². The highest BCUT2D eigenvalue weighted by Gasteiger charge is 2.09. The minimum atomic E-state index is -0.896. The fraction of sp³-hybridized carbons (Fsp3) is 0.100. The summed E-state index contributed by atoms with van der Waals surface area (Å²) in [4.78, 5) is 10.6. The maximum Gasteiger partial charge on any atom is 0.323 e. The second-order valence-electron chi connectivity index (χ2n) is 3.20. The molecule has 4 nitrogen and oxygen atoms in total. The number of aliphatic carboxylic acids is 1. The fourth-order valence-electron chi connectivity index (χ4n) is 1.52. The van der Waals surface area contributed by atoms with Gasteiger partial charge in [-0.15, -0.1) is 0 Å². The van der Waals surface area contributed by atoms with Gasteiger partial charge in [0, 0.05) is 21.6 Å². The van der Waals surface area contributed by atoms with Crippen LogP contribution in [-0.4, -0.2) is 20.7 Å². The van der Waals surface area contributed by atoms with Crippen LogP contribution in [0.1, 0.15) is 0 Å². The van der Waals surface area contributed by atoms with Crippen LogP contribution in [0.4, 0.5) is 0 Å². The Morgan fingerprint density at radius 3 is 2.87 bits per heavy atom. The molecule has 0 radical (unpaired) electrons. The van der Waals surface area contributed by atoms with Gasteiger partial charge >= 0.3 is 5.97 Å². The van der Waals surface area contributed by atoms with Crippen LogP contribution in [0.15, 0.2) is 28.9 Å². The van der Waals surface area contributed by atoms with E-state index in [4.69, 9.17) is 5.11 Å². The molecule has 1 aromatic heterocycles. The Kier molecular flexibility index (Phi) is 2.40. The van der Waals surface area contributed by atoms with Gasteiger partial charge in [-0.25, -0.2) is 0 Å². The number of halogens is 1. The molecule has 0 saturated heterocycles. The molecule has 5 heteroatoms. The monoisotopic (exact) mass is 269 g/mol. The number of carboxylic acid groups (broad SMARTS) is 1. The molecule has 0 aliphatic rings. The number of carboxylic acids is 1. The molecule has 0 amide bonds. The smallest absolute Gasteiger partial charge is 0.323 e. The van der Waals surface area contributed by atoms with Gasteiger partial charge in [0.05, 0.1) is 0 Å². The highest BCUT2D eigenvalue weighted by molar-refractivity contribution is 9.10. The van der Waals surface area contributed by atoms with Crippen molar-refractivity contribution >= 4 is 32.8 Å². The van der Waals surface area contributed by atoms with E-state index < -0.39 is 5.97 Å². The molecule has 0 bridgehead atoms. The van der Waals surface area contributed by atoms with Crippen LogP contribution in [0.2, 0.25) is 0 Å². The number of benzene rings is 1. The van der Waals surface area contributed by atoms with E-state index in [1.165, 1.54) is 6.07 Å². The van der Waals surface area contributed by atoms with E-state index in [0.29, 0.717) is 0 Å². The first-order valence-corrected chi connectivity index (χ1v) is 5.06. The Bertz CT molecular complexity index is 533. The minimum absolute atomic E-state index is 0.0904. The Morgan fingerprint density at radius 1 is 1.47 bits per heavy atom. The van der Waals surface area contributed by atoms with Crippen molar-refractivity contribution in [3.63, 3.8) is 0 Å². The lowest BCUT2D eigenvalue weighted by atomic mass is 10.2. The lowest BCUT2D eigenvalue weighted by molar-refractivity contribution is -0.137. The molecule has 1 aromatic carbocycles.